The van der Waals surface area contributed by atoms with Gasteiger partial charge in [0.15, 0.2) is 0 Å². The highest BCUT2D eigenvalue weighted by atomic mass is 19.1. The van der Waals surface area contributed by atoms with Crippen LogP contribution in [0, 0.1) is 17.0 Å². The monoisotopic (exact) mass is 317 g/mol. The molecule has 1 amide bonds. The molecule has 0 saturated carbocycles. The van der Waals surface area contributed by atoms with Crippen molar-refractivity contribution in [1.82, 2.24) is 4.90 Å². The molecular weight excluding hydrogens is 296 g/mol. The predicted molar refractivity (Wildman–Crippen MR) is 87.0 cm³/mol. The molecule has 0 heterocycles. The summed E-state index contributed by atoms with van der Waals surface area (Å²) in [6.07, 6.45) is 0. The fourth-order valence-corrected chi connectivity index (χ4v) is 2.41. The number of rotatable bonds is 4. The molecule has 0 radical (unpaired) electrons. The minimum absolute atomic E-state index is 0.105. The van der Waals surface area contributed by atoms with Crippen LogP contribution in [-0.4, -0.2) is 17.4 Å². The maximum absolute atomic E-state index is 13.9. The first kappa shape index (κ1) is 17.1. The topological polar surface area (TPSA) is 20.3 Å². The average molecular weight is 317 g/mol. The number of benzene rings is 2. The van der Waals surface area contributed by atoms with Gasteiger partial charge in [0.2, 0.25) is 0 Å². The Bertz CT molecular complexity index is 678. The van der Waals surface area contributed by atoms with Crippen molar-refractivity contribution >= 4 is 5.91 Å². The number of carbonyl (C=O) groups excluding carboxylic acids is 1. The number of amides is 1. The predicted octanol–water partition coefficient (Wildman–Crippen LogP) is 4.65. The van der Waals surface area contributed by atoms with E-state index in [-0.39, 0.29) is 11.0 Å². The van der Waals surface area contributed by atoms with Gasteiger partial charge in [0.25, 0.3) is 5.91 Å². The van der Waals surface area contributed by atoms with Gasteiger partial charge in [-0.25, -0.2) is 8.78 Å². The van der Waals surface area contributed by atoms with Crippen LogP contribution >= 0.6 is 0 Å². The Morgan fingerprint density at radius 2 is 1.70 bits per heavy atom. The van der Waals surface area contributed by atoms with Gasteiger partial charge in [-0.15, -0.1) is 0 Å². The highest BCUT2D eigenvalue weighted by Gasteiger charge is 2.24. The summed E-state index contributed by atoms with van der Waals surface area (Å²) in [6, 6.07) is 12.6. The zero-order valence-corrected chi connectivity index (χ0v) is 13.6. The summed E-state index contributed by atoms with van der Waals surface area (Å²) in [5.41, 5.74) is 0.722. The van der Waals surface area contributed by atoms with Gasteiger partial charge in [-0.1, -0.05) is 51.1 Å². The summed E-state index contributed by atoms with van der Waals surface area (Å²) in [5, 5.41) is 0. The van der Waals surface area contributed by atoms with E-state index in [9.17, 15) is 13.6 Å². The summed E-state index contributed by atoms with van der Waals surface area (Å²) in [4.78, 5) is 14.3. The Hall–Kier alpha value is -2.23. The summed E-state index contributed by atoms with van der Waals surface area (Å²) >= 11 is 0. The van der Waals surface area contributed by atoms with Crippen molar-refractivity contribution in [2.24, 2.45) is 5.41 Å². The summed E-state index contributed by atoms with van der Waals surface area (Å²) < 4.78 is 27.0. The normalized spacial score (nSPS) is 11.3. The second kappa shape index (κ2) is 6.90. The van der Waals surface area contributed by atoms with E-state index in [0.717, 1.165) is 17.7 Å². The van der Waals surface area contributed by atoms with Gasteiger partial charge in [-0.05, 0) is 23.1 Å². The van der Waals surface area contributed by atoms with Gasteiger partial charge < -0.3 is 4.90 Å². The van der Waals surface area contributed by atoms with Crippen LogP contribution in [0.4, 0.5) is 8.78 Å². The lowest BCUT2D eigenvalue weighted by Crippen LogP contribution is -2.37. The van der Waals surface area contributed by atoms with Gasteiger partial charge in [0.1, 0.15) is 11.6 Å². The molecule has 23 heavy (non-hydrogen) atoms. The van der Waals surface area contributed by atoms with Crippen molar-refractivity contribution < 1.29 is 13.6 Å². The fourth-order valence-electron chi connectivity index (χ4n) is 2.41. The standard InChI is InChI=1S/C19H21F2NO/c1-19(2,3)13-22(12-14-7-5-4-6-8-14)18(23)16-10-9-15(20)11-17(16)21/h4-11H,12-13H2,1-3H3. The van der Waals surface area contributed by atoms with Gasteiger partial charge in [-0.3, -0.25) is 4.79 Å². The minimum Gasteiger partial charge on any atom is -0.334 e. The Kier molecular flexibility index (Phi) is 5.14. The highest BCUT2D eigenvalue weighted by molar-refractivity contribution is 5.94. The van der Waals surface area contributed by atoms with Gasteiger partial charge in [0.05, 0.1) is 5.56 Å². The van der Waals surface area contributed by atoms with Crippen molar-refractivity contribution in [1.29, 1.82) is 0 Å². The number of hydrogen-bond donors (Lipinski definition) is 0. The van der Waals surface area contributed by atoms with Crippen LogP contribution in [0.3, 0.4) is 0 Å². The molecule has 0 spiro atoms. The smallest absolute Gasteiger partial charge is 0.257 e. The minimum atomic E-state index is -0.832. The van der Waals surface area contributed by atoms with Crippen LogP contribution in [0.25, 0.3) is 0 Å². The third-order valence-electron chi connectivity index (χ3n) is 3.33. The van der Waals surface area contributed by atoms with Crippen LogP contribution in [0.5, 0.6) is 0 Å². The molecule has 2 aromatic rings. The molecule has 2 nitrogen and oxygen atoms in total. The van der Waals surface area contributed by atoms with E-state index in [2.05, 4.69) is 0 Å². The van der Waals surface area contributed by atoms with Crippen LogP contribution in [0.2, 0.25) is 0 Å². The van der Waals surface area contributed by atoms with E-state index in [1.54, 1.807) is 4.90 Å². The first-order chi connectivity index (χ1) is 10.8. The molecular formula is C19H21F2NO. The van der Waals surface area contributed by atoms with E-state index in [1.165, 1.54) is 6.07 Å². The van der Waals surface area contributed by atoms with Crippen molar-refractivity contribution in [2.75, 3.05) is 6.54 Å². The van der Waals surface area contributed by atoms with E-state index in [4.69, 9.17) is 0 Å². The van der Waals surface area contributed by atoms with Crippen LogP contribution in [0.15, 0.2) is 48.5 Å². The maximum atomic E-state index is 13.9. The Morgan fingerprint density at radius 3 is 2.26 bits per heavy atom. The molecule has 0 saturated heterocycles. The van der Waals surface area contributed by atoms with E-state index in [0.29, 0.717) is 13.1 Å². The van der Waals surface area contributed by atoms with Gasteiger partial charge in [0, 0.05) is 19.2 Å². The van der Waals surface area contributed by atoms with E-state index in [1.807, 2.05) is 51.1 Å². The second-order valence-electron chi connectivity index (χ2n) is 6.83. The van der Waals surface area contributed by atoms with Crippen molar-refractivity contribution in [3.05, 3.63) is 71.3 Å². The van der Waals surface area contributed by atoms with Crippen LogP contribution < -0.4 is 0 Å². The zero-order valence-electron chi connectivity index (χ0n) is 13.6. The van der Waals surface area contributed by atoms with E-state index < -0.39 is 17.5 Å². The molecule has 0 aliphatic heterocycles. The van der Waals surface area contributed by atoms with Gasteiger partial charge in [-0.2, -0.15) is 0 Å². The third kappa shape index (κ3) is 4.88. The zero-order chi connectivity index (χ0) is 17.0. The van der Waals surface area contributed by atoms with Crippen molar-refractivity contribution in [2.45, 2.75) is 27.3 Å². The largest absolute Gasteiger partial charge is 0.334 e. The van der Waals surface area contributed by atoms with Crippen LogP contribution in [-0.2, 0) is 6.54 Å². The molecule has 2 aromatic carbocycles. The Labute approximate surface area is 135 Å². The lowest BCUT2D eigenvalue weighted by Gasteiger charge is -2.30. The maximum Gasteiger partial charge on any atom is 0.257 e. The number of hydrogen-bond acceptors (Lipinski definition) is 1. The first-order valence-corrected chi connectivity index (χ1v) is 7.54. The lowest BCUT2D eigenvalue weighted by atomic mass is 9.95. The molecule has 0 fully saturated rings. The summed E-state index contributed by atoms with van der Waals surface area (Å²) in [7, 11) is 0. The molecule has 0 aliphatic carbocycles. The summed E-state index contributed by atoms with van der Waals surface area (Å²) in [6.45, 7) is 6.89. The molecule has 0 aromatic heterocycles. The quantitative estimate of drug-likeness (QED) is 0.803. The molecule has 0 aliphatic rings. The molecule has 0 unspecified atom stereocenters. The van der Waals surface area contributed by atoms with Crippen molar-refractivity contribution in [3.63, 3.8) is 0 Å². The van der Waals surface area contributed by atoms with E-state index >= 15 is 0 Å². The average Bonchev–Trinajstić information content (AvgIpc) is 2.45. The molecule has 0 N–H and O–H groups in total. The summed E-state index contributed by atoms with van der Waals surface area (Å²) in [5.74, 6) is -1.95. The number of halogens is 2. The fraction of sp³-hybridized carbons (Fsp3) is 0.316. The molecule has 0 atom stereocenters. The SMILES string of the molecule is CC(C)(C)CN(Cc1ccccc1)C(=O)c1ccc(F)cc1F. The third-order valence-corrected chi connectivity index (χ3v) is 3.33. The Balaban J connectivity index is 2.30. The lowest BCUT2D eigenvalue weighted by molar-refractivity contribution is 0.0675. The van der Waals surface area contributed by atoms with Crippen LogP contribution in [0.1, 0.15) is 36.7 Å². The highest BCUT2D eigenvalue weighted by Crippen LogP contribution is 2.21. The first-order valence-electron chi connectivity index (χ1n) is 7.54. The molecule has 122 valence electrons. The number of carbonyl (C=O) groups is 1. The molecule has 2 rings (SSSR count). The Morgan fingerprint density at radius 1 is 1.04 bits per heavy atom. The van der Waals surface area contributed by atoms with Gasteiger partial charge >= 0.3 is 0 Å². The molecule has 0 bridgehead atoms. The molecule has 4 heteroatoms. The van der Waals surface area contributed by atoms with Crippen molar-refractivity contribution in [3.8, 4) is 0 Å². The second-order valence-corrected chi connectivity index (χ2v) is 6.83. The number of nitrogens with zero attached hydrogens (tertiary/aromatic N) is 1.